The van der Waals surface area contributed by atoms with Crippen molar-refractivity contribution in [2.75, 3.05) is 32.2 Å². The summed E-state index contributed by atoms with van der Waals surface area (Å²) in [6, 6.07) is 5.63. The van der Waals surface area contributed by atoms with Crippen LogP contribution in [0.5, 0.6) is 0 Å². The first-order valence-electron chi connectivity index (χ1n) is 7.46. The lowest BCUT2D eigenvalue weighted by atomic mass is 10.3. The Kier molecular flexibility index (Phi) is 4.66. The largest absolute Gasteiger partial charge is 0.383 e. The van der Waals surface area contributed by atoms with E-state index in [0.29, 0.717) is 30.2 Å². The SMILES string of the molecule is COCCNC(=O)c1cnn2ccc(N(C)c3cccnc3)nc12. The van der Waals surface area contributed by atoms with E-state index in [1.165, 1.54) is 6.20 Å². The third-order valence-corrected chi connectivity index (χ3v) is 3.57. The van der Waals surface area contributed by atoms with Gasteiger partial charge in [-0.05, 0) is 18.2 Å². The second-order valence-electron chi connectivity index (χ2n) is 5.13. The zero-order valence-corrected chi connectivity index (χ0v) is 13.5. The van der Waals surface area contributed by atoms with Gasteiger partial charge < -0.3 is 15.0 Å². The van der Waals surface area contributed by atoms with Gasteiger partial charge in [0.05, 0.1) is 24.7 Å². The molecule has 1 N–H and O–H groups in total. The number of nitrogens with one attached hydrogen (secondary N) is 1. The molecule has 24 heavy (non-hydrogen) atoms. The van der Waals surface area contributed by atoms with Gasteiger partial charge in [0.2, 0.25) is 0 Å². The number of fused-ring (bicyclic) bond motifs is 1. The Labute approximate surface area is 139 Å². The van der Waals surface area contributed by atoms with Crippen molar-refractivity contribution in [2.24, 2.45) is 0 Å². The molecule has 0 aliphatic heterocycles. The molecule has 0 aliphatic carbocycles. The molecule has 0 unspecified atom stereocenters. The van der Waals surface area contributed by atoms with Gasteiger partial charge in [0, 0.05) is 33.1 Å². The van der Waals surface area contributed by atoms with Gasteiger partial charge in [-0.15, -0.1) is 0 Å². The fourth-order valence-electron chi connectivity index (χ4n) is 2.25. The van der Waals surface area contributed by atoms with Gasteiger partial charge in [0.25, 0.3) is 5.91 Å². The van der Waals surface area contributed by atoms with Crippen LogP contribution in [0.25, 0.3) is 5.65 Å². The molecule has 0 fully saturated rings. The molecule has 124 valence electrons. The topological polar surface area (TPSA) is 84.6 Å². The Hall–Kier alpha value is -3.00. The Morgan fingerprint density at radius 3 is 3.00 bits per heavy atom. The van der Waals surface area contributed by atoms with Crippen molar-refractivity contribution < 1.29 is 9.53 Å². The van der Waals surface area contributed by atoms with Crippen molar-refractivity contribution in [3.8, 4) is 0 Å². The van der Waals surface area contributed by atoms with Crippen molar-refractivity contribution in [3.05, 3.63) is 48.5 Å². The van der Waals surface area contributed by atoms with Crippen LogP contribution in [0, 0.1) is 0 Å². The number of aromatic nitrogens is 4. The second kappa shape index (κ2) is 7.05. The molecule has 3 aromatic rings. The lowest BCUT2D eigenvalue weighted by Crippen LogP contribution is -2.27. The van der Waals surface area contributed by atoms with Gasteiger partial charge in [-0.2, -0.15) is 5.10 Å². The summed E-state index contributed by atoms with van der Waals surface area (Å²) in [6.07, 6.45) is 6.75. The molecule has 0 aromatic carbocycles. The average Bonchev–Trinajstić information content (AvgIpc) is 3.05. The molecule has 3 heterocycles. The smallest absolute Gasteiger partial charge is 0.256 e. The summed E-state index contributed by atoms with van der Waals surface area (Å²) in [4.78, 5) is 22.8. The number of nitrogens with zero attached hydrogens (tertiary/aromatic N) is 5. The minimum absolute atomic E-state index is 0.226. The highest BCUT2D eigenvalue weighted by Gasteiger charge is 2.15. The first kappa shape index (κ1) is 15.9. The third kappa shape index (κ3) is 3.18. The maximum Gasteiger partial charge on any atom is 0.256 e. The molecule has 0 saturated heterocycles. The highest BCUT2D eigenvalue weighted by molar-refractivity contribution is 5.99. The number of hydrogen-bond donors (Lipinski definition) is 1. The lowest BCUT2D eigenvalue weighted by molar-refractivity contribution is 0.0938. The van der Waals surface area contributed by atoms with E-state index < -0.39 is 0 Å². The maximum atomic E-state index is 12.3. The molecular formula is C16H18N6O2. The Morgan fingerprint density at radius 1 is 1.38 bits per heavy atom. The van der Waals surface area contributed by atoms with Gasteiger partial charge in [0.1, 0.15) is 11.4 Å². The number of anilines is 2. The summed E-state index contributed by atoms with van der Waals surface area (Å²) in [7, 11) is 3.48. The van der Waals surface area contributed by atoms with Crippen LogP contribution in [0.2, 0.25) is 0 Å². The predicted octanol–water partition coefficient (Wildman–Crippen LogP) is 1.27. The number of rotatable bonds is 6. The first-order valence-corrected chi connectivity index (χ1v) is 7.46. The van der Waals surface area contributed by atoms with Crippen molar-refractivity contribution in [3.63, 3.8) is 0 Å². The number of carbonyl (C=O) groups is 1. The minimum atomic E-state index is -0.226. The molecule has 0 bridgehead atoms. The molecule has 0 saturated carbocycles. The summed E-state index contributed by atoms with van der Waals surface area (Å²) in [5, 5.41) is 6.95. The summed E-state index contributed by atoms with van der Waals surface area (Å²) in [5.41, 5.74) is 1.82. The van der Waals surface area contributed by atoms with Crippen LogP contribution in [0.15, 0.2) is 43.0 Å². The van der Waals surface area contributed by atoms with Crippen LogP contribution < -0.4 is 10.2 Å². The second-order valence-corrected chi connectivity index (χ2v) is 5.13. The Morgan fingerprint density at radius 2 is 2.25 bits per heavy atom. The maximum absolute atomic E-state index is 12.3. The monoisotopic (exact) mass is 326 g/mol. The normalized spacial score (nSPS) is 10.8. The number of carbonyl (C=O) groups excluding carboxylic acids is 1. The van der Waals surface area contributed by atoms with Crippen LogP contribution in [0.1, 0.15) is 10.4 Å². The van der Waals surface area contributed by atoms with Gasteiger partial charge in [-0.3, -0.25) is 9.78 Å². The molecule has 1 amide bonds. The van der Waals surface area contributed by atoms with Crippen molar-refractivity contribution in [1.29, 1.82) is 0 Å². The van der Waals surface area contributed by atoms with E-state index in [1.54, 1.807) is 30.2 Å². The summed E-state index contributed by atoms with van der Waals surface area (Å²) in [5.74, 6) is 0.470. The molecule has 0 spiro atoms. The zero-order chi connectivity index (χ0) is 16.9. The molecule has 3 aromatic heterocycles. The molecule has 0 atom stereocenters. The van der Waals surface area contributed by atoms with Gasteiger partial charge in [-0.1, -0.05) is 0 Å². The number of ether oxygens (including phenoxy) is 1. The summed E-state index contributed by atoms with van der Waals surface area (Å²) in [6.45, 7) is 0.884. The van der Waals surface area contributed by atoms with E-state index in [0.717, 1.165) is 5.69 Å². The molecule has 8 nitrogen and oxygen atoms in total. The number of pyridine rings is 1. The van der Waals surface area contributed by atoms with E-state index in [4.69, 9.17) is 4.74 Å². The van der Waals surface area contributed by atoms with Crippen molar-refractivity contribution >= 4 is 23.1 Å². The molecule has 0 aliphatic rings. The van der Waals surface area contributed by atoms with Crippen LogP contribution in [0.4, 0.5) is 11.5 Å². The van der Waals surface area contributed by atoms with E-state index in [-0.39, 0.29) is 5.91 Å². The van der Waals surface area contributed by atoms with E-state index in [9.17, 15) is 4.79 Å². The van der Waals surface area contributed by atoms with Gasteiger partial charge >= 0.3 is 0 Å². The highest BCUT2D eigenvalue weighted by Crippen LogP contribution is 2.21. The Bertz CT molecular complexity index is 833. The fourth-order valence-corrected chi connectivity index (χ4v) is 2.25. The fraction of sp³-hybridized carbons (Fsp3) is 0.250. The van der Waals surface area contributed by atoms with Gasteiger partial charge in [0.15, 0.2) is 5.65 Å². The van der Waals surface area contributed by atoms with Crippen LogP contribution in [-0.4, -0.2) is 52.8 Å². The zero-order valence-electron chi connectivity index (χ0n) is 13.5. The standard InChI is InChI=1S/C16H18N6O2/c1-21(12-4-3-6-17-10-12)14-5-8-22-15(20-14)13(11-19-22)16(23)18-7-9-24-2/h3-6,8,10-11H,7,9H2,1-2H3,(H,18,23). The van der Waals surface area contributed by atoms with Crippen molar-refractivity contribution in [1.82, 2.24) is 24.9 Å². The summed E-state index contributed by atoms with van der Waals surface area (Å²) >= 11 is 0. The lowest BCUT2D eigenvalue weighted by Gasteiger charge is -2.17. The van der Waals surface area contributed by atoms with E-state index in [1.807, 2.05) is 30.1 Å². The van der Waals surface area contributed by atoms with Crippen LogP contribution >= 0.6 is 0 Å². The van der Waals surface area contributed by atoms with Gasteiger partial charge in [-0.25, -0.2) is 9.50 Å². The predicted molar refractivity (Wildman–Crippen MR) is 89.5 cm³/mol. The quantitative estimate of drug-likeness (QED) is 0.687. The average molecular weight is 326 g/mol. The van der Waals surface area contributed by atoms with Crippen LogP contribution in [-0.2, 0) is 4.74 Å². The van der Waals surface area contributed by atoms with Crippen molar-refractivity contribution in [2.45, 2.75) is 0 Å². The number of amides is 1. The molecule has 0 radical (unpaired) electrons. The molecule has 8 heteroatoms. The molecular weight excluding hydrogens is 308 g/mol. The Balaban J connectivity index is 1.90. The third-order valence-electron chi connectivity index (χ3n) is 3.57. The van der Waals surface area contributed by atoms with E-state index >= 15 is 0 Å². The highest BCUT2D eigenvalue weighted by atomic mass is 16.5. The number of hydrogen-bond acceptors (Lipinski definition) is 6. The summed E-state index contributed by atoms with van der Waals surface area (Å²) < 4.78 is 6.51. The van der Waals surface area contributed by atoms with E-state index in [2.05, 4.69) is 20.4 Å². The molecule has 3 rings (SSSR count). The first-order chi connectivity index (χ1) is 11.7. The number of methoxy groups -OCH3 is 1. The van der Waals surface area contributed by atoms with Crippen LogP contribution in [0.3, 0.4) is 0 Å². The minimum Gasteiger partial charge on any atom is -0.383 e.